The van der Waals surface area contributed by atoms with Gasteiger partial charge in [-0.1, -0.05) is 0 Å². The van der Waals surface area contributed by atoms with Crippen LogP contribution in [0.15, 0.2) is 0 Å². The second kappa shape index (κ2) is 7.24. The minimum absolute atomic E-state index is 0.403. The van der Waals surface area contributed by atoms with E-state index in [1.165, 1.54) is 0 Å². The van der Waals surface area contributed by atoms with Crippen molar-refractivity contribution in [2.75, 3.05) is 6.61 Å². The van der Waals surface area contributed by atoms with Gasteiger partial charge in [-0.3, -0.25) is 15.0 Å². The molecule has 0 aromatic heterocycles. The van der Waals surface area contributed by atoms with E-state index in [0.29, 0.717) is 5.01 Å². The Morgan fingerprint density at radius 2 is 1.61 bits per heavy atom. The molecule has 18 heavy (non-hydrogen) atoms. The van der Waals surface area contributed by atoms with E-state index in [-0.39, 0.29) is 0 Å². The van der Waals surface area contributed by atoms with Gasteiger partial charge < -0.3 is 25.5 Å². The molecule has 9 heteroatoms. The summed E-state index contributed by atoms with van der Waals surface area (Å²) in [4.78, 5) is 21.9. The molecular weight excluding hydrogens is 248 g/mol. The molecule has 0 aromatic carbocycles. The van der Waals surface area contributed by atoms with Crippen molar-refractivity contribution >= 4 is 11.8 Å². The lowest BCUT2D eigenvalue weighted by Gasteiger charge is -2.32. The Bertz CT molecular complexity index is 299. The molecule has 6 N–H and O–H groups in total. The van der Waals surface area contributed by atoms with Gasteiger partial charge in [0.05, 0.1) is 6.61 Å². The molecule has 0 heterocycles. The number of carbonyl (C=O) groups is 2. The average molecular weight is 266 g/mol. The van der Waals surface area contributed by atoms with Crippen LogP contribution in [0, 0.1) is 0 Å². The van der Waals surface area contributed by atoms with Crippen molar-refractivity contribution in [2.24, 2.45) is 0 Å². The molecular formula is C9H18N2O7. The summed E-state index contributed by atoms with van der Waals surface area (Å²) in [7, 11) is 0. The van der Waals surface area contributed by atoms with E-state index >= 15 is 0 Å². The van der Waals surface area contributed by atoms with Crippen molar-refractivity contribution in [3.05, 3.63) is 0 Å². The van der Waals surface area contributed by atoms with Gasteiger partial charge in [0, 0.05) is 13.8 Å². The maximum atomic E-state index is 11.1. The fourth-order valence-electron chi connectivity index (χ4n) is 1.17. The van der Waals surface area contributed by atoms with Crippen molar-refractivity contribution < 1.29 is 35.1 Å². The minimum Gasteiger partial charge on any atom is -0.394 e. The second-order valence-corrected chi connectivity index (χ2v) is 3.70. The van der Waals surface area contributed by atoms with Gasteiger partial charge in [0.1, 0.15) is 18.3 Å². The first-order valence-corrected chi connectivity index (χ1v) is 5.12. The van der Waals surface area contributed by atoms with E-state index in [1.807, 2.05) is 5.43 Å². The number of hydrogen-bond donors (Lipinski definition) is 6. The molecule has 0 aliphatic heterocycles. The van der Waals surface area contributed by atoms with Crippen LogP contribution in [0.25, 0.3) is 0 Å². The number of amides is 2. The van der Waals surface area contributed by atoms with Crippen LogP contribution < -0.4 is 5.43 Å². The number of hydrogen-bond acceptors (Lipinski definition) is 7. The molecule has 9 nitrogen and oxygen atoms in total. The topological polar surface area (TPSA) is 151 Å². The number of nitrogens with zero attached hydrogens (tertiary/aromatic N) is 1. The normalized spacial score (nSPS) is 17.5. The zero-order valence-corrected chi connectivity index (χ0v) is 10.0. The van der Waals surface area contributed by atoms with E-state index < -0.39 is 43.0 Å². The second-order valence-electron chi connectivity index (χ2n) is 3.70. The molecule has 2 amide bonds. The first kappa shape index (κ1) is 16.7. The van der Waals surface area contributed by atoms with Crippen molar-refractivity contribution in [1.29, 1.82) is 0 Å². The molecule has 0 aromatic rings. The summed E-state index contributed by atoms with van der Waals surface area (Å²) in [5.41, 5.74) is 1.95. The number of rotatable bonds is 5. The van der Waals surface area contributed by atoms with Gasteiger partial charge in [0.15, 0.2) is 6.23 Å². The quantitative estimate of drug-likeness (QED) is 0.221. The van der Waals surface area contributed by atoms with Gasteiger partial charge in [0.2, 0.25) is 11.8 Å². The first-order valence-electron chi connectivity index (χ1n) is 5.12. The largest absolute Gasteiger partial charge is 0.394 e. The summed E-state index contributed by atoms with van der Waals surface area (Å²) < 4.78 is 0. The molecule has 0 radical (unpaired) electrons. The van der Waals surface area contributed by atoms with Crippen LogP contribution >= 0.6 is 0 Å². The molecule has 0 bridgehead atoms. The highest BCUT2D eigenvalue weighted by atomic mass is 16.4. The van der Waals surface area contributed by atoms with E-state index in [0.717, 1.165) is 13.8 Å². The third kappa shape index (κ3) is 4.55. The van der Waals surface area contributed by atoms with Crippen LogP contribution in [-0.2, 0) is 9.59 Å². The highest BCUT2D eigenvalue weighted by Crippen LogP contribution is 2.08. The Hall–Kier alpha value is -1.26. The standard InChI is InChI=1S/C9H18N2O7/c1-4(13)10-11(5(2)14)9(18)8(17)7(16)6(15)3-12/h6-9,12,15-18H,3H2,1-2H3,(H,10,13)/t6-,7-,8+,9?/m1/s1. The molecule has 0 saturated carbocycles. The van der Waals surface area contributed by atoms with E-state index in [4.69, 9.17) is 10.2 Å². The highest BCUT2D eigenvalue weighted by molar-refractivity contribution is 5.79. The number of carbonyl (C=O) groups excluding carboxylic acids is 2. The average Bonchev–Trinajstić information content (AvgIpc) is 2.31. The lowest BCUT2D eigenvalue weighted by atomic mass is 10.1. The minimum atomic E-state index is -1.97. The summed E-state index contributed by atoms with van der Waals surface area (Å²) in [5, 5.41) is 46.5. The number of aliphatic hydroxyl groups excluding tert-OH is 5. The van der Waals surface area contributed by atoms with Crippen molar-refractivity contribution in [1.82, 2.24) is 10.4 Å². The van der Waals surface area contributed by atoms with Gasteiger partial charge >= 0.3 is 0 Å². The molecule has 106 valence electrons. The van der Waals surface area contributed by atoms with Gasteiger partial charge in [-0.25, -0.2) is 5.01 Å². The molecule has 0 fully saturated rings. The van der Waals surface area contributed by atoms with Crippen molar-refractivity contribution in [2.45, 2.75) is 38.4 Å². The number of hydrazine groups is 1. The lowest BCUT2D eigenvalue weighted by Crippen LogP contribution is -2.59. The third-order valence-electron chi connectivity index (χ3n) is 2.12. The molecule has 1 unspecified atom stereocenters. The van der Waals surface area contributed by atoms with E-state index in [1.54, 1.807) is 0 Å². The fraction of sp³-hybridized carbons (Fsp3) is 0.778. The Morgan fingerprint density at radius 1 is 1.11 bits per heavy atom. The molecule has 0 aliphatic carbocycles. The number of nitrogens with one attached hydrogen (secondary N) is 1. The van der Waals surface area contributed by atoms with Gasteiger partial charge in [0.25, 0.3) is 0 Å². The molecule has 4 atom stereocenters. The van der Waals surface area contributed by atoms with Crippen LogP contribution in [0.4, 0.5) is 0 Å². The van der Waals surface area contributed by atoms with Gasteiger partial charge in [-0.15, -0.1) is 0 Å². The summed E-state index contributed by atoms with van der Waals surface area (Å²) in [5.74, 6) is -1.46. The first-order chi connectivity index (χ1) is 8.22. The van der Waals surface area contributed by atoms with Crippen LogP contribution in [0.3, 0.4) is 0 Å². The molecule has 0 rings (SSSR count). The Morgan fingerprint density at radius 3 is 1.94 bits per heavy atom. The predicted octanol–water partition coefficient (Wildman–Crippen LogP) is -3.72. The summed E-state index contributed by atoms with van der Waals surface area (Å²) in [6.45, 7) is 1.25. The predicted molar refractivity (Wildman–Crippen MR) is 57.4 cm³/mol. The van der Waals surface area contributed by atoms with Gasteiger partial charge in [-0.05, 0) is 0 Å². The molecule has 0 aliphatic rings. The summed E-state index contributed by atoms with van der Waals surface area (Å²) in [6.07, 6.45) is -7.52. The van der Waals surface area contributed by atoms with Crippen LogP contribution in [0.5, 0.6) is 0 Å². The monoisotopic (exact) mass is 266 g/mol. The third-order valence-corrected chi connectivity index (χ3v) is 2.12. The molecule has 0 saturated heterocycles. The zero-order chi connectivity index (χ0) is 14.5. The fourth-order valence-corrected chi connectivity index (χ4v) is 1.17. The van der Waals surface area contributed by atoms with E-state index in [9.17, 15) is 24.9 Å². The van der Waals surface area contributed by atoms with Crippen LogP contribution in [-0.4, -0.2) is 73.5 Å². The Kier molecular flexibility index (Phi) is 6.73. The zero-order valence-electron chi connectivity index (χ0n) is 10.0. The maximum Gasteiger partial charge on any atom is 0.240 e. The SMILES string of the molecule is CC(=O)NN(C(C)=O)C(O)[C@@H](O)[C@H](O)[C@H](O)CO. The smallest absolute Gasteiger partial charge is 0.240 e. The van der Waals surface area contributed by atoms with Crippen LogP contribution in [0.1, 0.15) is 13.8 Å². The summed E-state index contributed by atoms with van der Waals surface area (Å²) >= 11 is 0. The van der Waals surface area contributed by atoms with Gasteiger partial charge in [-0.2, -0.15) is 0 Å². The Balaban J connectivity index is 4.80. The van der Waals surface area contributed by atoms with Crippen LogP contribution in [0.2, 0.25) is 0 Å². The van der Waals surface area contributed by atoms with E-state index in [2.05, 4.69) is 0 Å². The maximum absolute atomic E-state index is 11.1. The summed E-state index contributed by atoms with van der Waals surface area (Å²) in [6, 6.07) is 0. The lowest BCUT2D eigenvalue weighted by molar-refractivity contribution is -0.181. The van der Waals surface area contributed by atoms with Crippen molar-refractivity contribution in [3.8, 4) is 0 Å². The Labute approximate surface area is 103 Å². The number of aliphatic hydroxyl groups is 5. The highest BCUT2D eigenvalue weighted by Gasteiger charge is 2.35. The molecule has 0 spiro atoms. The van der Waals surface area contributed by atoms with Crippen molar-refractivity contribution in [3.63, 3.8) is 0 Å².